The average molecular weight is 285 g/mol. The third-order valence-corrected chi connectivity index (χ3v) is 3.76. The van der Waals surface area contributed by atoms with Crippen LogP contribution in [0, 0.1) is 0 Å². The van der Waals surface area contributed by atoms with Gasteiger partial charge < -0.3 is 9.84 Å². The van der Waals surface area contributed by atoms with Gasteiger partial charge in [-0.2, -0.15) is 0 Å². The Morgan fingerprint density at radius 2 is 1.90 bits per heavy atom. The third kappa shape index (κ3) is 3.40. The number of aromatic carboxylic acids is 1. The van der Waals surface area contributed by atoms with Gasteiger partial charge in [0.1, 0.15) is 11.3 Å². The second-order valence-electron chi connectivity index (χ2n) is 5.54. The molecule has 0 atom stereocenters. The molecular weight excluding hydrogens is 266 g/mol. The molecule has 0 bridgehead atoms. The number of hydrogen-bond donors (Lipinski definition) is 1. The van der Waals surface area contributed by atoms with E-state index in [4.69, 9.17) is 9.84 Å². The van der Waals surface area contributed by atoms with Crippen molar-refractivity contribution in [2.75, 3.05) is 0 Å². The van der Waals surface area contributed by atoms with E-state index in [1.54, 1.807) is 0 Å². The summed E-state index contributed by atoms with van der Waals surface area (Å²) < 4.78 is 5.63. The summed E-state index contributed by atoms with van der Waals surface area (Å²) in [5.41, 5.74) is 1.43. The van der Waals surface area contributed by atoms with Crippen LogP contribution < -0.4 is 4.74 Å². The Labute approximate surface area is 124 Å². The molecule has 1 heterocycles. The molecule has 4 heteroatoms. The van der Waals surface area contributed by atoms with Gasteiger partial charge in [-0.05, 0) is 35.6 Å². The monoisotopic (exact) mass is 285 g/mol. The molecule has 0 spiro atoms. The fourth-order valence-electron chi connectivity index (χ4n) is 1.94. The molecule has 21 heavy (non-hydrogen) atoms. The van der Waals surface area contributed by atoms with E-state index in [0.717, 1.165) is 6.42 Å². The first-order valence-corrected chi connectivity index (χ1v) is 6.90. The number of rotatable bonds is 5. The van der Waals surface area contributed by atoms with E-state index in [1.807, 2.05) is 24.3 Å². The van der Waals surface area contributed by atoms with Gasteiger partial charge in [0.15, 0.2) is 5.75 Å². The average Bonchev–Trinajstić information content (AvgIpc) is 2.48. The largest absolute Gasteiger partial charge is 0.478 e. The first kappa shape index (κ1) is 15.0. The SMILES string of the molecule is CCC(C)(C)c1ccc(Oc2cnccc2C(=O)O)cc1. The minimum absolute atomic E-state index is 0.1000. The number of aromatic nitrogens is 1. The predicted molar refractivity (Wildman–Crippen MR) is 81.0 cm³/mol. The fourth-order valence-corrected chi connectivity index (χ4v) is 1.94. The highest BCUT2D eigenvalue weighted by Gasteiger charge is 2.18. The van der Waals surface area contributed by atoms with Crippen LogP contribution in [-0.4, -0.2) is 16.1 Å². The lowest BCUT2D eigenvalue weighted by Crippen LogP contribution is -2.14. The zero-order chi connectivity index (χ0) is 15.5. The van der Waals surface area contributed by atoms with Gasteiger partial charge in [-0.25, -0.2) is 4.79 Å². The van der Waals surface area contributed by atoms with E-state index < -0.39 is 5.97 Å². The van der Waals surface area contributed by atoms with Gasteiger partial charge in [-0.3, -0.25) is 4.98 Å². The molecule has 4 nitrogen and oxygen atoms in total. The Bertz CT molecular complexity index is 633. The Morgan fingerprint density at radius 3 is 2.48 bits per heavy atom. The van der Waals surface area contributed by atoms with Crippen LogP contribution in [0.4, 0.5) is 0 Å². The fraction of sp³-hybridized carbons (Fsp3) is 0.294. The van der Waals surface area contributed by atoms with Gasteiger partial charge in [-0.1, -0.05) is 32.9 Å². The van der Waals surface area contributed by atoms with Crippen LogP contribution in [0.5, 0.6) is 11.5 Å². The molecular formula is C17H19NO3. The highest BCUT2D eigenvalue weighted by molar-refractivity contribution is 5.90. The van der Waals surface area contributed by atoms with Gasteiger partial charge in [0.2, 0.25) is 0 Å². The zero-order valence-corrected chi connectivity index (χ0v) is 12.5. The van der Waals surface area contributed by atoms with Crippen LogP contribution in [0.25, 0.3) is 0 Å². The lowest BCUT2D eigenvalue weighted by Gasteiger charge is -2.23. The van der Waals surface area contributed by atoms with Gasteiger partial charge in [-0.15, -0.1) is 0 Å². The molecule has 0 saturated heterocycles. The number of carboxylic acids is 1. The van der Waals surface area contributed by atoms with Crippen LogP contribution in [0.2, 0.25) is 0 Å². The van der Waals surface area contributed by atoms with Crippen LogP contribution in [0.15, 0.2) is 42.7 Å². The molecule has 0 aliphatic heterocycles. The summed E-state index contributed by atoms with van der Waals surface area (Å²) in [4.78, 5) is 15.0. The lowest BCUT2D eigenvalue weighted by molar-refractivity contribution is 0.0694. The van der Waals surface area contributed by atoms with Crippen molar-refractivity contribution in [3.05, 3.63) is 53.9 Å². The van der Waals surface area contributed by atoms with Gasteiger partial charge in [0, 0.05) is 6.20 Å². The molecule has 0 radical (unpaired) electrons. The van der Waals surface area contributed by atoms with Crippen molar-refractivity contribution in [1.82, 2.24) is 4.98 Å². The van der Waals surface area contributed by atoms with Crippen LogP contribution >= 0.6 is 0 Å². The summed E-state index contributed by atoms with van der Waals surface area (Å²) >= 11 is 0. The van der Waals surface area contributed by atoms with Crippen LogP contribution in [0.1, 0.15) is 43.1 Å². The van der Waals surface area contributed by atoms with Crippen LogP contribution in [0.3, 0.4) is 0 Å². The maximum Gasteiger partial charge on any atom is 0.339 e. The molecule has 2 aromatic rings. The molecule has 0 fully saturated rings. The van der Waals surface area contributed by atoms with Gasteiger partial charge in [0.25, 0.3) is 0 Å². The highest BCUT2D eigenvalue weighted by Crippen LogP contribution is 2.30. The number of carbonyl (C=O) groups is 1. The minimum Gasteiger partial charge on any atom is -0.478 e. The highest BCUT2D eigenvalue weighted by atomic mass is 16.5. The first-order valence-electron chi connectivity index (χ1n) is 6.90. The molecule has 0 aliphatic carbocycles. The summed E-state index contributed by atoms with van der Waals surface area (Å²) in [5, 5.41) is 9.12. The van der Waals surface area contributed by atoms with Crippen molar-refractivity contribution in [2.45, 2.75) is 32.6 Å². The Morgan fingerprint density at radius 1 is 1.24 bits per heavy atom. The van der Waals surface area contributed by atoms with Crippen molar-refractivity contribution in [3.63, 3.8) is 0 Å². The summed E-state index contributed by atoms with van der Waals surface area (Å²) in [6.07, 6.45) is 3.88. The predicted octanol–water partition coefficient (Wildman–Crippen LogP) is 4.26. The molecule has 1 aromatic heterocycles. The summed E-state index contributed by atoms with van der Waals surface area (Å²) in [6.45, 7) is 6.53. The number of ether oxygens (including phenoxy) is 1. The number of nitrogens with zero attached hydrogens (tertiary/aromatic N) is 1. The zero-order valence-electron chi connectivity index (χ0n) is 12.5. The van der Waals surface area contributed by atoms with Gasteiger partial charge >= 0.3 is 5.97 Å². The van der Waals surface area contributed by atoms with Crippen LogP contribution in [-0.2, 0) is 5.41 Å². The van der Waals surface area contributed by atoms with Crippen molar-refractivity contribution in [3.8, 4) is 11.5 Å². The number of pyridine rings is 1. The quantitative estimate of drug-likeness (QED) is 0.891. The maximum absolute atomic E-state index is 11.1. The Balaban J connectivity index is 2.24. The molecule has 0 amide bonds. The van der Waals surface area contributed by atoms with E-state index >= 15 is 0 Å². The second-order valence-corrected chi connectivity index (χ2v) is 5.54. The molecule has 0 unspecified atom stereocenters. The molecule has 110 valence electrons. The van der Waals surface area contributed by atoms with E-state index in [9.17, 15) is 4.79 Å². The summed E-state index contributed by atoms with van der Waals surface area (Å²) in [7, 11) is 0. The Kier molecular flexibility index (Phi) is 4.26. The van der Waals surface area contributed by atoms with E-state index in [0.29, 0.717) is 5.75 Å². The van der Waals surface area contributed by atoms with Crippen molar-refractivity contribution >= 4 is 5.97 Å². The van der Waals surface area contributed by atoms with Crippen molar-refractivity contribution in [2.24, 2.45) is 0 Å². The van der Waals surface area contributed by atoms with E-state index in [2.05, 4.69) is 25.8 Å². The molecule has 1 N–H and O–H groups in total. The number of benzene rings is 1. The lowest BCUT2D eigenvalue weighted by atomic mass is 9.82. The third-order valence-electron chi connectivity index (χ3n) is 3.76. The number of carboxylic acid groups (broad SMARTS) is 1. The topological polar surface area (TPSA) is 59.4 Å². The smallest absolute Gasteiger partial charge is 0.339 e. The first-order chi connectivity index (χ1) is 9.94. The maximum atomic E-state index is 11.1. The van der Waals surface area contributed by atoms with E-state index in [1.165, 1.54) is 24.0 Å². The molecule has 2 rings (SSSR count). The Hall–Kier alpha value is -2.36. The normalized spacial score (nSPS) is 11.2. The summed E-state index contributed by atoms with van der Waals surface area (Å²) in [5.74, 6) is -0.190. The minimum atomic E-state index is -1.03. The molecule has 0 saturated carbocycles. The second kappa shape index (κ2) is 5.95. The number of hydrogen-bond acceptors (Lipinski definition) is 3. The molecule has 1 aromatic carbocycles. The molecule has 0 aliphatic rings. The van der Waals surface area contributed by atoms with Gasteiger partial charge in [0.05, 0.1) is 6.20 Å². The van der Waals surface area contributed by atoms with E-state index in [-0.39, 0.29) is 16.7 Å². The summed E-state index contributed by atoms with van der Waals surface area (Å²) in [6, 6.07) is 9.15. The van der Waals surface area contributed by atoms with Crippen molar-refractivity contribution in [1.29, 1.82) is 0 Å². The van der Waals surface area contributed by atoms with Crippen molar-refractivity contribution < 1.29 is 14.6 Å². The standard InChI is InChI=1S/C17H19NO3/c1-4-17(2,3)12-5-7-13(8-6-12)21-15-11-18-10-9-14(15)16(19)20/h5-11H,4H2,1-3H3,(H,19,20).